The molecule has 3 heteroatoms. The maximum absolute atomic E-state index is 9.48. The lowest BCUT2D eigenvalue weighted by atomic mass is 10.1. The first-order valence-electron chi connectivity index (χ1n) is 3.82. The van der Waals surface area contributed by atoms with Crippen molar-refractivity contribution in [2.24, 2.45) is 5.73 Å². The Morgan fingerprint density at radius 3 is 2.75 bits per heavy atom. The van der Waals surface area contributed by atoms with Crippen molar-refractivity contribution in [3.63, 3.8) is 0 Å². The highest BCUT2D eigenvalue weighted by atomic mass is 127. The highest BCUT2D eigenvalue weighted by Gasteiger charge is 2.03. The van der Waals surface area contributed by atoms with Gasteiger partial charge in [0.2, 0.25) is 0 Å². The number of phenols is 1. The summed E-state index contributed by atoms with van der Waals surface area (Å²) in [4.78, 5) is 0. The fourth-order valence-corrected chi connectivity index (χ4v) is 1.53. The molecule has 0 aromatic heterocycles. The molecule has 0 spiro atoms. The Hall–Kier alpha value is -0.290. The smallest absolute Gasteiger partial charge is 0.119 e. The third kappa shape index (κ3) is 2.64. The topological polar surface area (TPSA) is 46.2 Å². The Labute approximate surface area is 85.9 Å². The zero-order valence-corrected chi connectivity index (χ0v) is 9.08. The quantitative estimate of drug-likeness (QED) is 0.811. The molecule has 2 nitrogen and oxygen atoms in total. The van der Waals surface area contributed by atoms with E-state index in [0.29, 0.717) is 5.75 Å². The van der Waals surface area contributed by atoms with E-state index in [4.69, 9.17) is 5.73 Å². The second-order valence-corrected chi connectivity index (χ2v) is 4.20. The Morgan fingerprint density at radius 2 is 2.25 bits per heavy atom. The van der Waals surface area contributed by atoms with E-state index in [1.54, 1.807) is 6.07 Å². The summed E-state index contributed by atoms with van der Waals surface area (Å²) < 4.78 is 1.04. The molecule has 0 aliphatic carbocycles. The maximum atomic E-state index is 9.48. The first kappa shape index (κ1) is 9.80. The number of benzene rings is 1. The van der Waals surface area contributed by atoms with E-state index in [0.717, 1.165) is 15.6 Å². The normalized spacial score (nSPS) is 12.9. The van der Waals surface area contributed by atoms with Crippen LogP contribution in [-0.4, -0.2) is 11.1 Å². The third-order valence-electron chi connectivity index (χ3n) is 1.59. The van der Waals surface area contributed by atoms with Crippen molar-refractivity contribution in [2.75, 3.05) is 0 Å². The Balaban J connectivity index is 2.86. The van der Waals surface area contributed by atoms with Gasteiger partial charge in [-0.2, -0.15) is 0 Å². The number of halogens is 1. The Morgan fingerprint density at radius 1 is 1.58 bits per heavy atom. The van der Waals surface area contributed by atoms with Crippen LogP contribution in [0.5, 0.6) is 5.75 Å². The fraction of sp³-hybridized carbons (Fsp3) is 0.333. The van der Waals surface area contributed by atoms with Gasteiger partial charge in [-0.3, -0.25) is 0 Å². The fourth-order valence-electron chi connectivity index (χ4n) is 1.06. The van der Waals surface area contributed by atoms with Gasteiger partial charge in [0.15, 0.2) is 0 Å². The minimum absolute atomic E-state index is 0.0935. The molecule has 1 aromatic carbocycles. The number of phenolic OH excluding ortho intramolecular Hbond substituents is 1. The summed E-state index contributed by atoms with van der Waals surface area (Å²) in [5.41, 5.74) is 6.54. The molecule has 1 aromatic rings. The molecule has 1 atom stereocenters. The van der Waals surface area contributed by atoms with Crippen molar-refractivity contribution >= 4 is 22.6 Å². The number of rotatable bonds is 2. The molecular formula is C9H12INO. The van der Waals surface area contributed by atoms with Gasteiger partial charge in [-0.15, -0.1) is 0 Å². The number of nitrogens with two attached hydrogens (primary N) is 1. The van der Waals surface area contributed by atoms with E-state index in [2.05, 4.69) is 22.6 Å². The molecule has 0 aliphatic heterocycles. The summed E-state index contributed by atoms with van der Waals surface area (Å²) in [5, 5.41) is 9.48. The van der Waals surface area contributed by atoms with Crippen LogP contribution in [0.2, 0.25) is 0 Å². The summed E-state index contributed by atoms with van der Waals surface area (Å²) in [6, 6.07) is 5.73. The van der Waals surface area contributed by atoms with Crippen molar-refractivity contribution in [3.8, 4) is 5.75 Å². The standard InChI is InChI=1S/C9H12INO/c1-6(11)4-7-2-3-8(10)5-9(7)12/h2-3,5-6,12H,4,11H2,1H3. The number of aromatic hydroxyl groups is 1. The SMILES string of the molecule is CC(N)Cc1ccc(I)cc1O. The van der Waals surface area contributed by atoms with Crippen LogP contribution in [-0.2, 0) is 6.42 Å². The predicted molar refractivity (Wildman–Crippen MR) is 58.2 cm³/mol. The molecule has 0 saturated carbocycles. The van der Waals surface area contributed by atoms with E-state index in [9.17, 15) is 5.11 Å². The minimum atomic E-state index is 0.0935. The van der Waals surface area contributed by atoms with Gasteiger partial charge in [0.05, 0.1) is 0 Å². The van der Waals surface area contributed by atoms with Crippen molar-refractivity contribution in [2.45, 2.75) is 19.4 Å². The molecule has 0 heterocycles. The molecule has 1 unspecified atom stereocenters. The molecule has 1 rings (SSSR count). The summed E-state index contributed by atoms with van der Waals surface area (Å²) in [5.74, 6) is 0.346. The maximum Gasteiger partial charge on any atom is 0.119 e. The van der Waals surface area contributed by atoms with Crippen LogP contribution < -0.4 is 5.73 Å². The van der Waals surface area contributed by atoms with Gasteiger partial charge in [0.1, 0.15) is 5.75 Å². The summed E-state index contributed by atoms with van der Waals surface area (Å²) in [6.07, 6.45) is 0.725. The molecule has 0 bridgehead atoms. The molecule has 0 fully saturated rings. The van der Waals surface area contributed by atoms with E-state index in [-0.39, 0.29) is 6.04 Å². The lowest BCUT2D eigenvalue weighted by Crippen LogP contribution is -2.17. The van der Waals surface area contributed by atoms with E-state index < -0.39 is 0 Å². The molecule has 66 valence electrons. The second kappa shape index (κ2) is 4.09. The van der Waals surface area contributed by atoms with Crippen LogP contribution in [0.25, 0.3) is 0 Å². The van der Waals surface area contributed by atoms with Gasteiger partial charge < -0.3 is 10.8 Å². The summed E-state index contributed by atoms with van der Waals surface area (Å²) in [7, 11) is 0. The first-order valence-corrected chi connectivity index (χ1v) is 4.90. The van der Waals surface area contributed by atoms with Gasteiger partial charge in [0, 0.05) is 9.61 Å². The lowest BCUT2D eigenvalue weighted by Gasteiger charge is -2.07. The van der Waals surface area contributed by atoms with Crippen LogP contribution >= 0.6 is 22.6 Å². The number of hydrogen-bond donors (Lipinski definition) is 2. The molecule has 0 aliphatic rings. The van der Waals surface area contributed by atoms with Crippen molar-refractivity contribution in [3.05, 3.63) is 27.3 Å². The zero-order valence-electron chi connectivity index (χ0n) is 6.92. The monoisotopic (exact) mass is 277 g/mol. The second-order valence-electron chi connectivity index (χ2n) is 2.95. The third-order valence-corrected chi connectivity index (χ3v) is 2.26. The Kier molecular flexibility index (Phi) is 3.34. The summed E-state index contributed by atoms with van der Waals surface area (Å²) in [6.45, 7) is 1.93. The largest absolute Gasteiger partial charge is 0.508 e. The zero-order chi connectivity index (χ0) is 9.14. The predicted octanol–water partition coefficient (Wildman–Crippen LogP) is 1.89. The van der Waals surface area contributed by atoms with Gasteiger partial charge in [-0.1, -0.05) is 6.07 Å². The molecule has 0 saturated heterocycles. The first-order chi connectivity index (χ1) is 5.59. The van der Waals surface area contributed by atoms with Gasteiger partial charge in [-0.05, 0) is 53.6 Å². The molecule has 0 radical (unpaired) electrons. The molecule has 3 N–H and O–H groups in total. The lowest BCUT2D eigenvalue weighted by molar-refractivity contribution is 0.465. The van der Waals surface area contributed by atoms with Gasteiger partial charge >= 0.3 is 0 Å². The van der Waals surface area contributed by atoms with Crippen LogP contribution in [0.3, 0.4) is 0 Å². The van der Waals surface area contributed by atoms with Crippen LogP contribution in [0.1, 0.15) is 12.5 Å². The molecule has 12 heavy (non-hydrogen) atoms. The van der Waals surface area contributed by atoms with E-state index in [1.807, 2.05) is 19.1 Å². The average molecular weight is 277 g/mol. The Bertz CT molecular complexity index is 273. The van der Waals surface area contributed by atoms with Crippen LogP contribution in [0, 0.1) is 3.57 Å². The van der Waals surface area contributed by atoms with Crippen LogP contribution in [0.15, 0.2) is 18.2 Å². The highest BCUT2D eigenvalue weighted by molar-refractivity contribution is 14.1. The van der Waals surface area contributed by atoms with Gasteiger partial charge in [0.25, 0.3) is 0 Å². The van der Waals surface area contributed by atoms with Crippen LogP contribution in [0.4, 0.5) is 0 Å². The van der Waals surface area contributed by atoms with Crippen molar-refractivity contribution in [1.29, 1.82) is 0 Å². The molecular weight excluding hydrogens is 265 g/mol. The van der Waals surface area contributed by atoms with Crippen molar-refractivity contribution < 1.29 is 5.11 Å². The van der Waals surface area contributed by atoms with E-state index >= 15 is 0 Å². The average Bonchev–Trinajstić information content (AvgIpc) is 1.94. The number of hydrogen-bond acceptors (Lipinski definition) is 2. The van der Waals surface area contributed by atoms with Crippen molar-refractivity contribution in [1.82, 2.24) is 0 Å². The summed E-state index contributed by atoms with van der Waals surface area (Å²) >= 11 is 2.16. The van der Waals surface area contributed by atoms with Gasteiger partial charge in [-0.25, -0.2) is 0 Å². The minimum Gasteiger partial charge on any atom is -0.508 e. The molecule has 0 amide bonds. The highest BCUT2D eigenvalue weighted by Crippen LogP contribution is 2.20. The van der Waals surface area contributed by atoms with E-state index in [1.165, 1.54) is 0 Å².